The van der Waals surface area contributed by atoms with E-state index in [1.807, 2.05) is 42.2 Å². The van der Waals surface area contributed by atoms with Gasteiger partial charge in [0.15, 0.2) is 0 Å². The van der Waals surface area contributed by atoms with Gasteiger partial charge in [-0.3, -0.25) is 9.59 Å². The summed E-state index contributed by atoms with van der Waals surface area (Å²) in [4.78, 5) is 32.5. The second-order valence-electron chi connectivity index (χ2n) is 9.79. The molecule has 2 amide bonds. The van der Waals surface area contributed by atoms with Gasteiger partial charge in [-0.05, 0) is 72.9 Å². The van der Waals surface area contributed by atoms with Gasteiger partial charge in [0.1, 0.15) is 6.54 Å². The average molecular weight is 503 g/mol. The maximum Gasteiger partial charge on any atom is 0.254 e. The summed E-state index contributed by atoms with van der Waals surface area (Å²) in [5, 5.41) is 2.12. The van der Waals surface area contributed by atoms with Crippen molar-refractivity contribution in [3.05, 3.63) is 93.2 Å². The van der Waals surface area contributed by atoms with Crippen LogP contribution in [0.15, 0.2) is 66.0 Å². The minimum atomic E-state index is -0.106. The highest BCUT2D eigenvalue weighted by molar-refractivity contribution is 7.10. The van der Waals surface area contributed by atoms with Gasteiger partial charge in [-0.15, -0.1) is 11.3 Å². The van der Waals surface area contributed by atoms with E-state index in [4.69, 9.17) is 0 Å². The maximum absolute atomic E-state index is 13.8. The van der Waals surface area contributed by atoms with E-state index in [2.05, 4.69) is 49.6 Å². The zero-order valence-corrected chi connectivity index (χ0v) is 22.6. The molecule has 2 unspecified atom stereocenters. The van der Waals surface area contributed by atoms with Crippen molar-refractivity contribution in [2.24, 2.45) is 0 Å². The predicted molar refractivity (Wildman–Crippen MR) is 148 cm³/mol. The quantitative estimate of drug-likeness (QED) is 0.283. The third-order valence-corrected chi connectivity index (χ3v) is 8.36. The van der Waals surface area contributed by atoms with Crippen molar-refractivity contribution in [2.45, 2.75) is 71.4 Å². The van der Waals surface area contributed by atoms with E-state index in [1.54, 1.807) is 16.2 Å². The smallest absolute Gasteiger partial charge is 0.254 e. The molecule has 0 N–H and O–H groups in total. The van der Waals surface area contributed by atoms with Crippen LogP contribution in [0.5, 0.6) is 0 Å². The number of fused-ring (bicyclic) bond motifs is 1. The van der Waals surface area contributed by atoms with Gasteiger partial charge in [0.25, 0.3) is 5.91 Å². The van der Waals surface area contributed by atoms with Crippen LogP contribution in [0.25, 0.3) is 0 Å². The molecule has 4 rings (SSSR count). The first-order chi connectivity index (χ1) is 17.5. The van der Waals surface area contributed by atoms with Gasteiger partial charge in [-0.1, -0.05) is 69.2 Å². The first kappa shape index (κ1) is 26.2. The molecule has 36 heavy (non-hydrogen) atoms. The molecule has 2 heterocycles. The molecule has 2 atom stereocenters. The molecule has 0 saturated carbocycles. The van der Waals surface area contributed by atoms with E-state index in [0.717, 1.165) is 24.8 Å². The molecule has 1 aromatic heterocycles. The van der Waals surface area contributed by atoms with Crippen LogP contribution in [0.2, 0.25) is 0 Å². The summed E-state index contributed by atoms with van der Waals surface area (Å²) in [6, 6.07) is 20.2. The zero-order valence-electron chi connectivity index (χ0n) is 21.8. The number of rotatable bonds is 10. The normalized spacial score (nSPS) is 15.9. The zero-order chi connectivity index (χ0) is 25.5. The van der Waals surface area contributed by atoms with Crippen LogP contribution >= 0.6 is 11.3 Å². The van der Waals surface area contributed by atoms with Crippen LogP contribution in [0.4, 0.5) is 0 Å². The minimum Gasteiger partial charge on any atom is -0.330 e. The molecule has 0 radical (unpaired) electrons. The lowest BCUT2D eigenvalue weighted by atomic mass is 9.93. The third kappa shape index (κ3) is 5.89. The van der Waals surface area contributed by atoms with E-state index >= 15 is 0 Å². The van der Waals surface area contributed by atoms with Gasteiger partial charge in [0.2, 0.25) is 5.91 Å². The molecule has 0 spiro atoms. The van der Waals surface area contributed by atoms with E-state index < -0.39 is 0 Å². The van der Waals surface area contributed by atoms with E-state index in [1.165, 1.54) is 35.3 Å². The summed E-state index contributed by atoms with van der Waals surface area (Å²) >= 11 is 1.77. The van der Waals surface area contributed by atoms with Gasteiger partial charge in [-0.2, -0.15) is 0 Å². The van der Waals surface area contributed by atoms with Crippen LogP contribution in [0.3, 0.4) is 0 Å². The summed E-state index contributed by atoms with van der Waals surface area (Å²) in [6.45, 7) is 7.07. The number of unbranched alkanes of at least 4 members (excludes halogenated alkanes) is 2. The molecule has 3 aromatic rings. The fraction of sp³-hybridized carbons (Fsp3) is 0.419. The van der Waals surface area contributed by atoms with Crippen LogP contribution in [0, 0.1) is 0 Å². The molecule has 1 aliphatic rings. The number of carbonyl (C=O) groups is 2. The Kier molecular flexibility index (Phi) is 8.98. The molecule has 0 saturated heterocycles. The van der Waals surface area contributed by atoms with Crippen LogP contribution in [-0.4, -0.2) is 40.7 Å². The number of hydrogen-bond acceptors (Lipinski definition) is 3. The number of carbonyl (C=O) groups excluding carboxylic acids is 2. The lowest BCUT2D eigenvalue weighted by Crippen LogP contribution is -2.49. The molecular weight excluding hydrogens is 464 g/mol. The van der Waals surface area contributed by atoms with E-state index in [0.29, 0.717) is 12.1 Å². The Bertz CT molecular complexity index is 1140. The number of amides is 2. The third-order valence-electron chi connectivity index (χ3n) is 7.36. The van der Waals surface area contributed by atoms with Crippen molar-refractivity contribution in [1.82, 2.24) is 9.80 Å². The molecular formula is C31H38N2O2S. The van der Waals surface area contributed by atoms with Crippen molar-refractivity contribution in [3.63, 3.8) is 0 Å². The molecule has 190 valence electrons. The second kappa shape index (κ2) is 12.4. The Morgan fingerprint density at radius 2 is 1.78 bits per heavy atom. The van der Waals surface area contributed by atoms with Crippen molar-refractivity contribution >= 4 is 23.2 Å². The highest BCUT2D eigenvalue weighted by atomic mass is 32.1. The fourth-order valence-corrected chi connectivity index (χ4v) is 5.93. The maximum atomic E-state index is 13.8. The Hall–Kier alpha value is -2.92. The topological polar surface area (TPSA) is 40.6 Å². The number of hydrogen-bond donors (Lipinski definition) is 0. The van der Waals surface area contributed by atoms with Crippen LogP contribution < -0.4 is 0 Å². The van der Waals surface area contributed by atoms with Crippen molar-refractivity contribution in [3.8, 4) is 0 Å². The molecule has 0 fully saturated rings. The first-order valence-electron chi connectivity index (χ1n) is 13.3. The molecule has 1 aliphatic heterocycles. The Balaban J connectivity index is 1.54. The van der Waals surface area contributed by atoms with Crippen LogP contribution in [0.1, 0.15) is 84.4 Å². The number of aryl methyl sites for hydroxylation is 1. The second-order valence-corrected chi connectivity index (χ2v) is 10.8. The van der Waals surface area contributed by atoms with Gasteiger partial charge in [0, 0.05) is 23.0 Å². The summed E-state index contributed by atoms with van der Waals surface area (Å²) in [6.07, 6.45) is 6.28. The molecule has 0 bridgehead atoms. The highest BCUT2D eigenvalue weighted by Crippen LogP contribution is 2.37. The van der Waals surface area contributed by atoms with E-state index in [9.17, 15) is 9.59 Å². The van der Waals surface area contributed by atoms with Gasteiger partial charge >= 0.3 is 0 Å². The summed E-state index contributed by atoms with van der Waals surface area (Å²) in [5.41, 5.74) is 4.24. The lowest BCUT2D eigenvalue weighted by molar-refractivity contribution is -0.134. The first-order valence-corrected chi connectivity index (χ1v) is 14.2. The largest absolute Gasteiger partial charge is 0.330 e. The van der Waals surface area contributed by atoms with Crippen molar-refractivity contribution < 1.29 is 9.59 Å². The summed E-state index contributed by atoms with van der Waals surface area (Å²) < 4.78 is 0. The van der Waals surface area contributed by atoms with Crippen molar-refractivity contribution in [2.75, 3.05) is 13.1 Å². The molecule has 5 heteroatoms. The molecule has 0 aliphatic carbocycles. The SMILES string of the molecule is CCCCCc1ccc(C(=O)N(CC(=O)N2CCc3sccc3C2c2ccccc2)C(C)CC)cc1. The minimum absolute atomic E-state index is 0.00513. The monoisotopic (exact) mass is 502 g/mol. The summed E-state index contributed by atoms with van der Waals surface area (Å²) in [5.74, 6) is -0.0622. The van der Waals surface area contributed by atoms with Gasteiger partial charge < -0.3 is 9.80 Å². The Morgan fingerprint density at radius 3 is 2.47 bits per heavy atom. The number of nitrogens with zero attached hydrogens (tertiary/aromatic N) is 2. The van der Waals surface area contributed by atoms with Gasteiger partial charge in [0.05, 0.1) is 6.04 Å². The van der Waals surface area contributed by atoms with Gasteiger partial charge in [-0.25, -0.2) is 0 Å². The Labute approximate surface area is 219 Å². The van der Waals surface area contributed by atoms with E-state index in [-0.39, 0.29) is 30.4 Å². The summed E-state index contributed by atoms with van der Waals surface area (Å²) in [7, 11) is 0. The lowest BCUT2D eigenvalue weighted by Gasteiger charge is -2.38. The Morgan fingerprint density at radius 1 is 1.03 bits per heavy atom. The number of thiophene rings is 1. The predicted octanol–water partition coefficient (Wildman–Crippen LogP) is 6.90. The molecule has 4 nitrogen and oxygen atoms in total. The highest BCUT2D eigenvalue weighted by Gasteiger charge is 2.34. The standard InChI is InChI=1S/C31H38N2O2S/c1-4-6-8-11-24-14-16-26(17-15-24)31(35)33(23(3)5-2)22-29(34)32-20-18-28-27(19-21-36-28)30(32)25-12-9-7-10-13-25/h7,9-10,12-17,19,21,23,30H,4-6,8,11,18,20,22H2,1-3H3. The van der Waals surface area contributed by atoms with Crippen molar-refractivity contribution in [1.29, 1.82) is 0 Å². The van der Waals surface area contributed by atoms with Crippen LogP contribution in [-0.2, 0) is 17.6 Å². The fourth-order valence-electron chi connectivity index (χ4n) is 5.02. The average Bonchev–Trinajstić information content (AvgIpc) is 3.40. The number of benzene rings is 2. The molecule has 2 aromatic carbocycles.